The fourth-order valence-electron chi connectivity index (χ4n) is 3.03. The Labute approximate surface area is 110 Å². The lowest BCUT2D eigenvalue weighted by Crippen LogP contribution is -2.45. The van der Waals surface area contributed by atoms with Crippen molar-refractivity contribution in [3.63, 3.8) is 0 Å². The molecule has 0 bridgehead atoms. The highest BCUT2D eigenvalue weighted by Gasteiger charge is 2.21. The van der Waals surface area contributed by atoms with Crippen LogP contribution in [0.2, 0.25) is 0 Å². The van der Waals surface area contributed by atoms with E-state index in [2.05, 4.69) is 22.5 Å². The van der Waals surface area contributed by atoms with Crippen LogP contribution in [0.3, 0.4) is 0 Å². The summed E-state index contributed by atoms with van der Waals surface area (Å²) < 4.78 is 0. The molecule has 4 heteroatoms. The largest absolute Gasteiger partial charge is 0.355 e. The number of hydrogen-bond acceptors (Lipinski definition) is 3. The summed E-state index contributed by atoms with van der Waals surface area (Å²) in [7, 11) is 0. The molecule has 2 N–H and O–H groups in total. The minimum Gasteiger partial charge on any atom is -0.355 e. The van der Waals surface area contributed by atoms with Crippen LogP contribution in [-0.2, 0) is 4.79 Å². The summed E-state index contributed by atoms with van der Waals surface area (Å²) in [6.45, 7) is 7.22. The Bertz CT molecular complexity index is 264. The maximum Gasteiger partial charge on any atom is 0.224 e. The van der Waals surface area contributed by atoms with E-state index in [1.165, 1.54) is 25.8 Å². The third kappa shape index (κ3) is 3.95. The van der Waals surface area contributed by atoms with Gasteiger partial charge in [0.05, 0.1) is 5.92 Å². The average Bonchev–Trinajstić information content (AvgIpc) is 2.42. The van der Waals surface area contributed by atoms with E-state index in [-0.39, 0.29) is 11.8 Å². The van der Waals surface area contributed by atoms with Gasteiger partial charge in [-0.3, -0.25) is 9.69 Å². The van der Waals surface area contributed by atoms with Crippen LogP contribution < -0.4 is 10.6 Å². The van der Waals surface area contributed by atoms with Gasteiger partial charge in [-0.15, -0.1) is 0 Å². The van der Waals surface area contributed by atoms with Crippen molar-refractivity contribution in [2.24, 2.45) is 5.92 Å². The zero-order valence-electron chi connectivity index (χ0n) is 11.6. The molecule has 2 rings (SSSR count). The lowest BCUT2D eigenvalue weighted by Gasteiger charge is -2.33. The Kier molecular flexibility index (Phi) is 5.45. The average molecular weight is 253 g/mol. The minimum atomic E-state index is 0.192. The summed E-state index contributed by atoms with van der Waals surface area (Å²) in [6, 6.07) is 0.687. The summed E-state index contributed by atoms with van der Waals surface area (Å²) in [5, 5.41) is 6.39. The predicted octanol–water partition coefficient (Wildman–Crippen LogP) is 0.977. The third-order valence-corrected chi connectivity index (χ3v) is 4.31. The molecule has 1 amide bonds. The quantitative estimate of drug-likeness (QED) is 0.785. The van der Waals surface area contributed by atoms with Gasteiger partial charge in [0, 0.05) is 25.7 Å². The zero-order chi connectivity index (χ0) is 12.8. The van der Waals surface area contributed by atoms with E-state index < -0.39 is 0 Å². The molecule has 0 aromatic rings. The first-order chi connectivity index (χ1) is 8.77. The fraction of sp³-hybridized carbons (Fsp3) is 0.929. The number of carbonyl (C=O) groups excluding carboxylic acids is 1. The molecule has 2 heterocycles. The highest BCUT2D eigenvalue weighted by molar-refractivity contribution is 5.78. The van der Waals surface area contributed by atoms with Crippen molar-refractivity contribution in [1.29, 1.82) is 0 Å². The summed E-state index contributed by atoms with van der Waals surface area (Å²) in [5.41, 5.74) is 0. The first kappa shape index (κ1) is 13.8. The molecule has 0 aromatic heterocycles. The molecule has 0 radical (unpaired) electrons. The molecular weight excluding hydrogens is 226 g/mol. The van der Waals surface area contributed by atoms with Gasteiger partial charge < -0.3 is 10.6 Å². The second kappa shape index (κ2) is 7.10. The van der Waals surface area contributed by atoms with Gasteiger partial charge in [0.2, 0.25) is 5.91 Å². The number of amides is 1. The van der Waals surface area contributed by atoms with Crippen molar-refractivity contribution in [2.75, 3.05) is 32.7 Å². The summed E-state index contributed by atoms with van der Waals surface area (Å²) in [5.74, 6) is 0.435. The molecular formula is C14H27N3O. The Balaban J connectivity index is 1.63. The fourth-order valence-corrected chi connectivity index (χ4v) is 3.03. The van der Waals surface area contributed by atoms with Gasteiger partial charge in [0.1, 0.15) is 0 Å². The molecule has 2 aliphatic heterocycles. The van der Waals surface area contributed by atoms with E-state index in [0.29, 0.717) is 6.04 Å². The van der Waals surface area contributed by atoms with Crippen molar-refractivity contribution >= 4 is 5.91 Å². The van der Waals surface area contributed by atoms with Crippen LogP contribution in [-0.4, -0.2) is 49.6 Å². The Morgan fingerprint density at radius 2 is 2.22 bits per heavy atom. The summed E-state index contributed by atoms with van der Waals surface area (Å²) in [4.78, 5) is 14.5. The Morgan fingerprint density at radius 1 is 1.33 bits per heavy atom. The summed E-state index contributed by atoms with van der Waals surface area (Å²) >= 11 is 0. The van der Waals surface area contributed by atoms with Gasteiger partial charge in [0.15, 0.2) is 0 Å². The normalized spacial score (nSPS) is 30.1. The molecule has 2 atom stereocenters. The number of nitrogens with zero attached hydrogens (tertiary/aromatic N) is 1. The van der Waals surface area contributed by atoms with E-state index in [0.717, 1.165) is 39.0 Å². The van der Waals surface area contributed by atoms with Gasteiger partial charge in [-0.25, -0.2) is 0 Å². The highest BCUT2D eigenvalue weighted by Crippen LogP contribution is 2.15. The smallest absolute Gasteiger partial charge is 0.224 e. The van der Waals surface area contributed by atoms with Crippen molar-refractivity contribution in [1.82, 2.24) is 15.5 Å². The van der Waals surface area contributed by atoms with Gasteiger partial charge in [-0.1, -0.05) is 6.42 Å². The van der Waals surface area contributed by atoms with Crippen molar-refractivity contribution in [3.8, 4) is 0 Å². The number of piperidine rings is 2. The zero-order valence-corrected chi connectivity index (χ0v) is 11.6. The lowest BCUT2D eigenvalue weighted by atomic mass is 9.99. The predicted molar refractivity (Wildman–Crippen MR) is 73.5 cm³/mol. The van der Waals surface area contributed by atoms with E-state index in [1.807, 2.05) is 0 Å². The van der Waals surface area contributed by atoms with Crippen LogP contribution >= 0.6 is 0 Å². The first-order valence-electron chi connectivity index (χ1n) is 7.50. The third-order valence-electron chi connectivity index (χ3n) is 4.31. The van der Waals surface area contributed by atoms with E-state index >= 15 is 0 Å². The minimum absolute atomic E-state index is 0.192. The maximum absolute atomic E-state index is 12.0. The van der Waals surface area contributed by atoms with Crippen LogP contribution in [0.5, 0.6) is 0 Å². The Hall–Kier alpha value is -0.610. The van der Waals surface area contributed by atoms with Gasteiger partial charge in [-0.2, -0.15) is 0 Å². The first-order valence-corrected chi connectivity index (χ1v) is 7.50. The second-order valence-electron chi connectivity index (χ2n) is 5.72. The monoisotopic (exact) mass is 253 g/mol. The standard InChI is InChI=1S/C14H27N3O/c1-12-5-2-3-9-17(12)10-8-16-14(18)13-6-4-7-15-11-13/h12-13,15H,2-11H2,1H3,(H,16,18). The molecule has 18 heavy (non-hydrogen) atoms. The van der Waals surface area contributed by atoms with E-state index in [1.54, 1.807) is 0 Å². The van der Waals surface area contributed by atoms with E-state index in [4.69, 9.17) is 0 Å². The van der Waals surface area contributed by atoms with Crippen LogP contribution in [0, 0.1) is 5.92 Å². The highest BCUT2D eigenvalue weighted by atomic mass is 16.1. The number of hydrogen-bond donors (Lipinski definition) is 2. The molecule has 0 saturated carbocycles. The number of likely N-dealkylation sites (tertiary alicyclic amines) is 1. The number of carbonyl (C=O) groups is 1. The molecule has 2 unspecified atom stereocenters. The molecule has 4 nitrogen and oxygen atoms in total. The number of rotatable bonds is 4. The second-order valence-corrected chi connectivity index (χ2v) is 5.72. The number of nitrogens with one attached hydrogen (secondary N) is 2. The van der Waals surface area contributed by atoms with Crippen molar-refractivity contribution < 1.29 is 4.79 Å². The topological polar surface area (TPSA) is 44.4 Å². The van der Waals surface area contributed by atoms with E-state index in [9.17, 15) is 4.79 Å². The van der Waals surface area contributed by atoms with Crippen LogP contribution in [0.25, 0.3) is 0 Å². The molecule has 2 aliphatic rings. The van der Waals surface area contributed by atoms with Crippen LogP contribution in [0.15, 0.2) is 0 Å². The SMILES string of the molecule is CC1CCCCN1CCNC(=O)C1CCCNC1. The Morgan fingerprint density at radius 3 is 2.94 bits per heavy atom. The van der Waals surface area contributed by atoms with Crippen molar-refractivity contribution in [2.45, 2.75) is 45.1 Å². The van der Waals surface area contributed by atoms with Gasteiger partial charge in [0.25, 0.3) is 0 Å². The maximum atomic E-state index is 12.0. The van der Waals surface area contributed by atoms with Gasteiger partial charge >= 0.3 is 0 Å². The molecule has 0 aromatic carbocycles. The van der Waals surface area contributed by atoms with Crippen LogP contribution in [0.1, 0.15) is 39.0 Å². The molecule has 2 saturated heterocycles. The van der Waals surface area contributed by atoms with Crippen molar-refractivity contribution in [3.05, 3.63) is 0 Å². The molecule has 2 fully saturated rings. The molecule has 0 aliphatic carbocycles. The van der Waals surface area contributed by atoms with Crippen LogP contribution in [0.4, 0.5) is 0 Å². The van der Waals surface area contributed by atoms with Gasteiger partial charge in [-0.05, 0) is 45.7 Å². The summed E-state index contributed by atoms with van der Waals surface area (Å²) in [6.07, 6.45) is 6.14. The molecule has 0 spiro atoms. The lowest BCUT2D eigenvalue weighted by molar-refractivity contribution is -0.125. The molecule has 104 valence electrons.